The van der Waals surface area contributed by atoms with Crippen molar-refractivity contribution in [1.82, 2.24) is 14.9 Å². The Kier molecular flexibility index (Phi) is 5.16. The first-order valence-corrected chi connectivity index (χ1v) is 9.52. The lowest BCUT2D eigenvalue weighted by Gasteiger charge is -2.24. The quantitative estimate of drug-likeness (QED) is 0.746. The average molecular weight is 363 g/mol. The number of benzene rings is 2. The zero-order valence-corrected chi connectivity index (χ0v) is 15.4. The maximum Gasteiger partial charge on any atom is 0.159 e. The number of aliphatic hydroxyl groups excluding tert-OH is 1. The summed E-state index contributed by atoms with van der Waals surface area (Å²) in [6, 6.07) is 14.5. The van der Waals surface area contributed by atoms with Gasteiger partial charge in [0, 0.05) is 36.6 Å². The fourth-order valence-corrected chi connectivity index (χ4v) is 3.81. The molecule has 1 aliphatic rings. The summed E-state index contributed by atoms with van der Waals surface area (Å²) in [7, 11) is 0. The second kappa shape index (κ2) is 7.72. The van der Waals surface area contributed by atoms with E-state index in [1.165, 1.54) is 5.39 Å². The second-order valence-electron chi connectivity index (χ2n) is 7.45. The van der Waals surface area contributed by atoms with Gasteiger partial charge in [-0.1, -0.05) is 42.5 Å². The van der Waals surface area contributed by atoms with E-state index in [9.17, 15) is 10.2 Å². The van der Waals surface area contributed by atoms with Gasteiger partial charge in [0.05, 0.1) is 12.2 Å². The highest BCUT2D eigenvalue weighted by Crippen LogP contribution is 2.26. The van der Waals surface area contributed by atoms with E-state index in [0.29, 0.717) is 12.8 Å². The monoisotopic (exact) mass is 363 g/mol. The van der Waals surface area contributed by atoms with Gasteiger partial charge in [-0.3, -0.25) is 4.90 Å². The molecule has 5 nitrogen and oxygen atoms in total. The molecule has 2 N–H and O–H groups in total. The summed E-state index contributed by atoms with van der Waals surface area (Å²) in [5, 5.41) is 22.0. The van der Waals surface area contributed by atoms with Crippen LogP contribution in [0.4, 0.5) is 0 Å². The van der Waals surface area contributed by atoms with Crippen LogP contribution >= 0.6 is 0 Å². The lowest BCUT2D eigenvalue weighted by Crippen LogP contribution is -2.34. The molecule has 1 atom stereocenters. The standard InChI is InChI=1S/C22H25N3O2/c26-16-22(27)9-4-11-25(12-10-22)15-17-13-23-21(24-14-17)20-8-3-6-18-5-1-2-7-19(18)20/h1-3,5-8,13-14,26-27H,4,9-12,15-16H2/t22-/m1/s1. The van der Waals surface area contributed by atoms with Gasteiger partial charge in [-0.2, -0.15) is 0 Å². The summed E-state index contributed by atoms with van der Waals surface area (Å²) in [6.45, 7) is 2.27. The van der Waals surface area contributed by atoms with Gasteiger partial charge >= 0.3 is 0 Å². The summed E-state index contributed by atoms with van der Waals surface area (Å²) >= 11 is 0. The highest BCUT2D eigenvalue weighted by Gasteiger charge is 2.29. The third-order valence-electron chi connectivity index (χ3n) is 5.45. The smallest absolute Gasteiger partial charge is 0.159 e. The minimum atomic E-state index is -0.927. The Morgan fingerprint density at radius 1 is 0.963 bits per heavy atom. The molecule has 0 amide bonds. The molecule has 1 aromatic heterocycles. The molecular weight excluding hydrogens is 338 g/mol. The van der Waals surface area contributed by atoms with Crippen LogP contribution in [0, 0.1) is 0 Å². The normalized spacial score (nSPS) is 21.3. The highest BCUT2D eigenvalue weighted by molar-refractivity contribution is 5.94. The molecule has 5 heteroatoms. The van der Waals surface area contributed by atoms with Crippen LogP contribution in [0.2, 0.25) is 0 Å². The van der Waals surface area contributed by atoms with Gasteiger partial charge in [-0.05, 0) is 36.6 Å². The van der Waals surface area contributed by atoms with Crippen LogP contribution in [0.25, 0.3) is 22.2 Å². The molecule has 1 saturated heterocycles. The van der Waals surface area contributed by atoms with Gasteiger partial charge in [-0.15, -0.1) is 0 Å². The number of fused-ring (bicyclic) bond motifs is 1. The molecular formula is C22H25N3O2. The average Bonchev–Trinajstić information content (AvgIpc) is 2.90. The highest BCUT2D eigenvalue weighted by atomic mass is 16.3. The number of aliphatic hydroxyl groups is 2. The molecule has 0 radical (unpaired) electrons. The molecule has 4 rings (SSSR count). The summed E-state index contributed by atoms with van der Waals surface area (Å²) in [6.07, 6.45) is 5.92. The molecule has 2 aromatic carbocycles. The predicted molar refractivity (Wildman–Crippen MR) is 106 cm³/mol. The van der Waals surface area contributed by atoms with Crippen molar-refractivity contribution in [2.75, 3.05) is 19.7 Å². The van der Waals surface area contributed by atoms with E-state index in [1.807, 2.05) is 30.6 Å². The Bertz CT molecular complexity index is 908. The third-order valence-corrected chi connectivity index (χ3v) is 5.45. The molecule has 0 bridgehead atoms. The largest absolute Gasteiger partial charge is 0.393 e. The zero-order chi connectivity index (χ0) is 18.7. The summed E-state index contributed by atoms with van der Waals surface area (Å²) in [5.74, 6) is 0.737. The molecule has 1 fully saturated rings. The fourth-order valence-electron chi connectivity index (χ4n) is 3.81. The number of aromatic nitrogens is 2. The lowest BCUT2D eigenvalue weighted by atomic mass is 9.96. The number of rotatable bonds is 4. The van der Waals surface area contributed by atoms with Crippen LogP contribution in [0.5, 0.6) is 0 Å². The van der Waals surface area contributed by atoms with E-state index in [0.717, 1.165) is 48.4 Å². The Morgan fingerprint density at radius 2 is 1.74 bits per heavy atom. The van der Waals surface area contributed by atoms with Crippen molar-refractivity contribution < 1.29 is 10.2 Å². The van der Waals surface area contributed by atoms with Gasteiger partial charge in [-0.25, -0.2) is 9.97 Å². The summed E-state index contributed by atoms with van der Waals surface area (Å²) < 4.78 is 0. The number of likely N-dealkylation sites (tertiary alicyclic amines) is 1. The Hall–Kier alpha value is -2.34. The zero-order valence-electron chi connectivity index (χ0n) is 15.4. The van der Waals surface area contributed by atoms with E-state index in [2.05, 4.69) is 39.1 Å². The Balaban J connectivity index is 1.49. The van der Waals surface area contributed by atoms with E-state index < -0.39 is 5.60 Å². The van der Waals surface area contributed by atoms with E-state index in [4.69, 9.17) is 0 Å². The van der Waals surface area contributed by atoms with Gasteiger partial charge < -0.3 is 10.2 Å². The topological polar surface area (TPSA) is 69.5 Å². The first kappa shape index (κ1) is 18.0. The molecule has 0 saturated carbocycles. The predicted octanol–water partition coefficient (Wildman–Crippen LogP) is 3.01. The second-order valence-corrected chi connectivity index (χ2v) is 7.45. The molecule has 1 aliphatic heterocycles. The molecule has 0 aliphatic carbocycles. The Labute approximate surface area is 159 Å². The third kappa shape index (κ3) is 4.00. The van der Waals surface area contributed by atoms with Crippen molar-refractivity contribution >= 4 is 10.8 Å². The summed E-state index contributed by atoms with van der Waals surface area (Å²) in [4.78, 5) is 11.5. The van der Waals surface area contributed by atoms with E-state index in [-0.39, 0.29) is 6.61 Å². The van der Waals surface area contributed by atoms with Crippen molar-refractivity contribution in [3.8, 4) is 11.4 Å². The number of hydrogen-bond donors (Lipinski definition) is 2. The van der Waals surface area contributed by atoms with Gasteiger partial charge in [0.1, 0.15) is 0 Å². The van der Waals surface area contributed by atoms with Crippen LogP contribution in [-0.2, 0) is 6.54 Å². The van der Waals surface area contributed by atoms with Crippen LogP contribution in [0.1, 0.15) is 24.8 Å². The number of nitrogens with zero attached hydrogens (tertiary/aromatic N) is 3. The van der Waals surface area contributed by atoms with Crippen LogP contribution < -0.4 is 0 Å². The van der Waals surface area contributed by atoms with Crippen LogP contribution in [0.3, 0.4) is 0 Å². The molecule has 0 spiro atoms. The first-order chi connectivity index (χ1) is 13.2. The van der Waals surface area contributed by atoms with E-state index >= 15 is 0 Å². The van der Waals surface area contributed by atoms with Gasteiger partial charge in [0.25, 0.3) is 0 Å². The fraction of sp³-hybridized carbons (Fsp3) is 0.364. The van der Waals surface area contributed by atoms with Crippen molar-refractivity contribution in [3.63, 3.8) is 0 Å². The van der Waals surface area contributed by atoms with Gasteiger partial charge in [0.2, 0.25) is 0 Å². The van der Waals surface area contributed by atoms with Crippen molar-refractivity contribution in [2.45, 2.75) is 31.4 Å². The van der Waals surface area contributed by atoms with Crippen molar-refractivity contribution in [2.24, 2.45) is 0 Å². The maximum absolute atomic E-state index is 10.3. The molecule has 0 unspecified atom stereocenters. The molecule has 27 heavy (non-hydrogen) atoms. The van der Waals surface area contributed by atoms with Crippen LogP contribution in [0.15, 0.2) is 54.9 Å². The van der Waals surface area contributed by atoms with E-state index in [1.54, 1.807) is 0 Å². The minimum absolute atomic E-state index is 0.163. The number of hydrogen-bond acceptors (Lipinski definition) is 5. The summed E-state index contributed by atoms with van der Waals surface area (Å²) in [5.41, 5.74) is 1.18. The SMILES string of the molecule is OC[C@@]1(O)CCCN(Cc2cnc(-c3cccc4ccccc34)nc2)CC1. The minimum Gasteiger partial charge on any atom is -0.393 e. The van der Waals surface area contributed by atoms with Crippen LogP contribution in [-0.4, -0.2) is 50.4 Å². The maximum atomic E-state index is 10.3. The Morgan fingerprint density at radius 3 is 2.56 bits per heavy atom. The van der Waals surface area contributed by atoms with Crippen molar-refractivity contribution in [1.29, 1.82) is 0 Å². The molecule has 2 heterocycles. The molecule has 140 valence electrons. The van der Waals surface area contributed by atoms with Crippen molar-refractivity contribution in [3.05, 3.63) is 60.4 Å². The lowest BCUT2D eigenvalue weighted by molar-refractivity contribution is -0.0255. The first-order valence-electron chi connectivity index (χ1n) is 9.52. The van der Waals surface area contributed by atoms with Gasteiger partial charge in [0.15, 0.2) is 5.82 Å². The molecule has 3 aromatic rings.